The molecule has 1 saturated carbocycles. The molecule has 0 spiro atoms. The van der Waals surface area contributed by atoms with E-state index in [1.54, 1.807) is 0 Å². The van der Waals surface area contributed by atoms with E-state index < -0.39 is 0 Å². The molecule has 104 valence electrons. The van der Waals surface area contributed by atoms with Crippen LogP contribution in [0.2, 0.25) is 0 Å². The quantitative estimate of drug-likeness (QED) is 0.827. The number of hydrogen-bond acceptors (Lipinski definition) is 2. The van der Waals surface area contributed by atoms with Crippen LogP contribution in [0.1, 0.15) is 25.7 Å². The van der Waals surface area contributed by atoms with Crippen LogP contribution in [0.25, 0.3) is 0 Å². The molecule has 2 aromatic rings. The lowest BCUT2D eigenvalue weighted by Crippen LogP contribution is -2.34. The van der Waals surface area contributed by atoms with Crippen molar-refractivity contribution in [3.63, 3.8) is 0 Å². The molecule has 2 atom stereocenters. The second-order valence-corrected chi connectivity index (χ2v) is 6.68. The van der Waals surface area contributed by atoms with Crippen molar-refractivity contribution in [2.24, 2.45) is 0 Å². The lowest BCUT2D eigenvalue weighted by molar-refractivity contribution is 0.474. The summed E-state index contributed by atoms with van der Waals surface area (Å²) in [7, 11) is 0. The van der Waals surface area contributed by atoms with Gasteiger partial charge in [-0.25, -0.2) is 0 Å². The Morgan fingerprint density at radius 3 is 2.20 bits per heavy atom. The van der Waals surface area contributed by atoms with Crippen LogP contribution in [0.15, 0.2) is 65.6 Å². The second kappa shape index (κ2) is 6.85. The standard InChI is InChI=1S/C18H21NS/c1-3-9-15(10-4-1)19-17-13-7-8-14-18(17)20-16-11-5-2-6-12-16/h1-6,9-12,17-19H,7-8,13-14H2/t17-,18-/m1/s1. The zero-order valence-corrected chi connectivity index (χ0v) is 12.5. The van der Waals surface area contributed by atoms with Crippen molar-refractivity contribution in [2.45, 2.75) is 41.9 Å². The van der Waals surface area contributed by atoms with Crippen molar-refractivity contribution in [3.05, 3.63) is 60.7 Å². The van der Waals surface area contributed by atoms with Gasteiger partial charge in [-0.3, -0.25) is 0 Å². The van der Waals surface area contributed by atoms with Crippen molar-refractivity contribution < 1.29 is 0 Å². The van der Waals surface area contributed by atoms with Crippen LogP contribution in [-0.2, 0) is 0 Å². The maximum Gasteiger partial charge on any atom is 0.0383 e. The Morgan fingerprint density at radius 2 is 1.45 bits per heavy atom. The maximum absolute atomic E-state index is 3.73. The summed E-state index contributed by atoms with van der Waals surface area (Å²) in [6, 6.07) is 22.0. The first-order valence-electron chi connectivity index (χ1n) is 7.45. The number of para-hydroxylation sites is 1. The molecule has 20 heavy (non-hydrogen) atoms. The molecule has 1 aliphatic carbocycles. The van der Waals surface area contributed by atoms with E-state index in [0.29, 0.717) is 11.3 Å². The molecule has 1 fully saturated rings. The van der Waals surface area contributed by atoms with Crippen LogP contribution in [0.4, 0.5) is 5.69 Å². The Balaban J connectivity index is 1.68. The molecule has 0 saturated heterocycles. The molecular weight excluding hydrogens is 262 g/mol. The summed E-state index contributed by atoms with van der Waals surface area (Å²) in [4.78, 5) is 1.39. The highest BCUT2D eigenvalue weighted by molar-refractivity contribution is 8.00. The summed E-state index contributed by atoms with van der Waals surface area (Å²) in [5.74, 6) is 0. The van der Waals surface area contributed by atoms with Gasteiger partial charge in [-0.1, -0.05) is 49.2 Å². The van der Waals surface area contributed by atoms with Gasteiger partial charge in [-0.15, -0.1) is 11.8 Å². The predicted octanol–water partition coefficient (Wildman–Crippen LogP) is 5.20. The zero-order valence-electron chi connectivity index (χ0n) is 11.7. The summed E-state index contributed by atoms with van der Waals surface area (Å²) in [6.45, 7) is 0. The minimum absolute atomic E-state index is 0.580. The van der Waals surface area contributed by atoms with E-state index in [0.717, 1.165) is 0 Å². The van der Waals surface area contributed by atoms with Crippen LogP contribution >= 0.6 is 11.8 Å². The minimum atomic E-state index is 0.580. The van der Waals surface area contributed by atoms with Gasteiger partial charge in [0.15, 0.2) is 0 Å². The summed E-state index contributed by atoms with van der Waals surface area (Å²) < 4.78 is 0. The van der Waals surface area contributed by atoms with Gasteiger partial charge < -0.3 is 5.32 Å². The molecule has 0 unspecified atom stereocenters. The SMILES string of the molecule is c1ccc(N[C@@H]2CCCC[C@H]2Sc2ccccc2)cc1. The van der Waals surface area contributed by atoms with Gasteiger partial charge in [-0.2, -0.15) is 0 Å². The number of anilines is 1. The second-order valence-electron chi connectivity index (χ2n) is 5.37. The molecule has 2 aromatic carbocycles. The third-order valence-corrected chi connectivity index (χ3v) is 5.27. The van der Waals surface area contributed by atoms with Gasteiger partial charge >= 0.3 is 0 Å². The maximum atomic E-state index is 3.73. The average Bonchev–Trinajstić information content (AvgIpc) is 2.51. The van der Waals surface area contributed by atoms with Crippen molar-refractivity contribution >= 4 is 17.4 Å². The lowest BCUT2D eigenvalue weighted by atomic mass is 9.94. The van der Waals surface area contributed by atoms with Crippen LogP contribution in [0.5, 0.6) is 0 Å². The van der Waals surface area contributed by atoms with Gasteiger partial charge in [0.2, 0.25) is 0 Å². The topological polar surface area (TPSA) is 12.0 Å². The van der Waals surface area contributed by atoms with E-state index in [1.807, 2.05) is 11.8 Å². The third-order valence-electron chi connectivity index (χ3n) is 3.86. The molecule has 0 heterocycles. The Morgan fingerprint density at radius 1 is 0.800 bits per heavy atom. The fourth-order valence-electron chi connectivity index (χ4n) is 2.83. The monoisotopic (exact) mass is 283 g/mol. The van der Waals surface area contributed by atoms with Crippen LogP contribution in [-0.4, -0.2) is 11.3 Å². The predicted molar refractivity (Wildman–Crippen MR) is 88.4 cm³/mol. The van der Waals surface area contributed by atoms with Gasteiger partial charge in [0.1, 0.15) is 0 Å². The molecule has 2 heteroatoms. The van der Waals surface area contributed by atoms with Crippen molar-refractivity contribution in [1.82, 2.24) is 0 Å². The Hall–Kier alpha value is -1.41. The van der Waals surface area contributed by atoms with Crippen LogP contribution < -0.4 is 5.32 Å². The smallest absolute Gasteiger partial charge is 0.0383 e. The average molecular weight is 283 g/mol. The van der Waals surface area contributed by atoms with E-state index >= 15 is 0 Å². The highest BCUT2D eigenvalue weighted by Crippen LogP contribution is 2.35. The van der Waals surface area contributed by atoms with E-state index in [9.17, 15) is 0 Å². The summed E-state index contributed by atoms with van der Waals surface area (Å²) in [6.07, 6.45) is 5.29. The molecule has 3 rings (SSSR count). The van der Waals surface area contributed by atoms with Gasteiger partial charge in [-0.05, 0) is 37.1 Å². The first kappa shape index (κ1) is 13.6. The first-order chi connectivity index (χ1) is 9.92. The van der Waals surface area contributed by atoms with E-state index in [1.165, 1.54) is 36.3 Å². The fraction of sp³-hybridized carbons (Fsp3) is 0.333. The van der Waals surface area contributed by atoms with E-state index in [4.69, 9.17) is 0 Å². The van der Waals surface area contributed by atoms with Crippen LogP contribution in [0.3, 0.4) is 0 Å². The van der Waals surface area contributed by atoms with Gasteiger partial charge in [0.25, 0.3) is 0 Å². The zero-order chi connectivity index (χ0) is 13.6. The Kier molecular flexibility index (Phi) is 4.65. The summed E-state index contributed by atoms with van der Waals surface area (Å²) in [5, 5.41) is 4.40. The third kappa shape index (κ3) is 3.57. The van der Waals surface area contributed by atoms with Gasteiger partial charge in [0, 0.05) is 21.9 Å². The van der Waals surface area contributed by atoms with Crippen molar-refractivity contribution in [1.29, 1.82) is 0 Å². The number of nitrogens with one attached hydrogen (secondary N) is 1. The highest BCUT2D eigenvalue weighted by Gasteiger charge is 2.25. The molecule has 0 aromatic heterocycles. The summed E-state index contributed by atoms with van der Waals surface area (Å²) in [5.41, 5.74) is 1.25. The molecule has 0 bridgehead atoms. The molecule has 1 aliphatic rings. The van der Waals surface area contributed by atoms with Crippen molar-refractivity contribution in [2.75, 3.05) is 5.32 Å². The molecular formula is C18H21NS. The number of hydrogen-bond donors (Lipinski definition) is 1. The summed E-state index contributed by atoms with van der Waals surface area (Å²) >= 11 is 2.03. The van der Waals surface area contributed by atoms with Gasteiger partial charge in [0.05, 0.1) is 0 Å². The molecule has 0 radical (unpaired) electrons. The molecule has 0 amide bonds. The molecule has 1 nitrogen and oxygen atoms in total. The molecule has 0 aliphatic heterocycles. The largest absolute Gasteiger partial charge is 0.381 e. The van der Waals surface area contributed by atoms with Crippen LogP contribution in [0, 0.1) is 0 Å². The fourth-order valence-corrected chi connectivity index (χ4v) is 4.14. The van der Waals surface area contributed by atoms with Crippen molar-refractivity contribution in [3.8, 4) is 0 Å². The lowest BCUT2D eigenvalue weighted by Gasteiger charge is -2.32. The number of rotatable bonds is 4. The number of thioether (sulfide) groups is 1. The first-order valence-corrected chi connectivity index (χ1v) is 8.33. The molecule has 1 N–H and O–H groups in total. The van der Waals surface area contributed by atoms with E-state index in [-0.39, 0.29) is 0 Å². The Bertz CT molecular complexity index is 462. The van der Waals surface area contributed by atoms with E-state index in [2.05, 4.69) is 66.0 Å². The minimum Gasteiger partial charge on any atom is -0.381 e. The normalized spacial score (nSPS) is 22.4. The Labute approximate surface area is 125 Å². The number of benzene rings is 2. The highest BCUT2D eigenvalue weighted by atomic mass is 32.2.